The van der Waals surface area contributed by atoms with Crippen molar-refractivity contribution < 1.29 is 4.79 Å². The van der Waals surface area contributed by atoms with Gasteiger partial charge in [-0.05, 0) is 26.3 Å². The maximum Gasteiger partial charge on any atom is 0.183 e. The molecule has 0 aliphatic rings. The van der Waals surface area contributed by atoms with Gasteiger partial charge in [0.1, 0.15) is 5.66 Å². The van der Waals surface area contributed by atoms with Gasteiger partial charge >= 0.3 is 0 Å². The summed E-state index contributed by atoms with van der Waals surface area (Å²) in [6.07, 6.45) is 2.30. The summed E-state index contributed by atoms with van der Waals surface area (Å²) in [6.45, 7) is 2.07. The van der Waals surface area contributed by atoms with Gasteiger partial charge in [0, 0.05) is 0 Å². The van der Waals surface area contributed by atoms with E-state index in [4.69, 9.17) is 22.9 Å². The normalized spacial score (nSPS) is 14.2. The molecular formula is C8H20N4O. The van der Waals surface area contributed by atoms with E-state index in [9.17, 15) is 4.79 Å². The molecule has 0 bridgehead atoms. The topological polar surface area (TPSA) is 121 Å². The van der Waals surface area contributed by atoms with Crippen molar-refractivity contribution in [1.82, 2.24) is 0 Å². The average molecular weight is 188 g/mol. The first-order valence-corrected chi connectivity index (χ1v) is 4.47. The predicted octanol–water partition coefficient (Wildman–Crippen LogP) is -1.35. The number of unbranched alkanes of at least 4 members (excludes halogenated alkanes) is 1. The molecule has 0 heterocycles. The molecule has 0 rings (SSSR count). The zero-order valence-electron chi connectivity index (χ0n) is 8.12. The van der Waals surface area contributed by atoms with E-state index in [1.807, 2.05) is 0 Å². The second kappa shape index (κ2) is 5.29. The molecule has 5 heteroatoms. The second-order valence-electron chi connectivity index (χ2n) is 3.54. The van der Waals surface area contributed by atoms with Gasteiger partial charge in [0.25, 0.3) is 0 Å². The number of carbonyl (C=O) groups is 1. The average Bonchev–Trinajstić information content (AvgIpc) is 2.01. The van der Waals surface area contributed by atoms with Crippen LogP contribution in [0.2, 0.25) is 0 Å². The van der Waals surface area contributed by atoms with E-state index in [1.54, 1.807) is 0 Å². The van der Waals surface area contributed by atoms with Crippen LogP contribution in [-0.2, 0) is 4.79 Å². The smallest absolute Gasteiger partial charge is 0.183 e. The van der Waals surface area contributed by atoms with Crippen LogP contribution in [0.15, 0.2) is 0 Å². The third-order valence-corrected chi connectivity index (χ3v) is 1.84. The lowest BCUT2D eigenvalue weighted by molar-refractivity contribution is -0.124. The molecular weight excluding hydrogens is 168 g/mol. The maximum absolute atomic E-state index is 11.4. The molecule has 78 valence electrons. The predicted molar refractivity (Wildman–Crippen MR) is 52.7 cm³/mol. The second-order valence-corrected chi connectivity index (χ2v) is 3.54. The van der Waals surface area contributed by atoms with Crippen LogP contribution in [-0.4, -0.2) is 24.0 Å². The van der Waals surface area contributed by atoms with Crippen molar-refractivity contribution in [2.24, 2.45) is 22.9 Å². The molecule has 0 aliphatic heterocycles. The molecule has 0 aromatic rings. The van der Waals surface area contributed by atoms with Gasteiger partial charge in [0.05, 0.1) is 6.04 Å². The highest BCUT2D eigenvalue weighted by Crippen LogP contribution is 2.03. The van der Waals surface area contributed by atoms with Gasteiger partial charge in [-0.2, -0.15) is 0 Å². The standard InChI is InChI=1S/C8H20N4O/c1-8(11,12)7(13)6(10)4-2-3-5-9/h6H,2-5,9-12H2,1H3. The van der Waals surface area contributed by atoms with Gasteiger partial charge < -0.3 is 22.9 Å². The Morgan fingerprint density at radius 1 is 1.38 bits per heavy atom. The fourth-order valence-corrected chi connectivity index (χ4v) is 1.04. The summed E-state index contributed by atoms with van der Waals surface area (Å²) >= 11 is 0. The molecule has 1 unspecified atom stereocenters. The van der Waals surface area contributed by atoms with Crippen molar-refractivity contribution in [3.05, 3.63) is 0 Å². The van der Waals surface area contributed by atoms with E-state index in [2.05, 4.69) is 0 Å². The molecule has 13 heavy (non-hydrogen) atoms. The lowest BCUT2D eigenvalue weighted by atomic mass is 9.98. The lowest BCUT2D eigenvalue weighted by Gasteiger charge is -2.21. The number of ketones is 1. The first-order valence-electron chi connectivity index (χ1n) is 4.47. The van der Waals surface area contributed by atoms with Gasteiger partial charge in [0.2, 0.25) is 0 Å². The van der Waals surface area contributed by atoms with E-state index in [-0.39, 0.29) is 5.78 Å². The van der Waals surface area contributed by atoms with Crippen molar-refractivity contribution in [2.75, 3.05) is 6.54 Å². The SMILES string of the molecule is CC(N)(N)C(=O)C(N)CCCCN. The van der Waals surface area contributed by atoms with E-state index in [0.717, 1.165) is 12.8 Å². The molecule has 0 spiro atoms. The maximum atomic E-state index is 11.4. The minimum absolute atomic E-state index is 0.301. The summed E-state index contributed by atoms with van der Waals surface area (Å²) in [4.78, 5) is 11.4. The molecule has 0 fully saturated rings. The molecule has 0 saturated carbocycles. The first-order chi connectivity index (χ1) is 5.89. The Morgan fingerprint density at radius 2 is 1.92 bits per heavy atom. The Hall–Kier alpha value is -0.490. The quantitative estimate of drug-likeness (QED) is 0.303. The fourth-order valence-electron chi connectivity index (χ4n) is 1.04. The molecule has 5 nitrogen and oxygen atoms in total. The van der Waals surface area contributed by atoms with Crippen LogP contribution in [0.5, 0.6) is 0 Å². The van der Waals surface area contributed by atoms with Gasteiger partial charge in [-0.15, -0.1) is 0 Å². The number of hydrogen-bond donors (Lipinski definition) is 4. The first kappa shape index (κ1) is 12.5. The highest BCUT2D eigenvalue weighted by Gasteiger charge is 2.27. The van der Waals surface area contributed by atoms with E-state index >= 15 is 0 Å². The highest BCUT2D eigenvalue weighted by molar-refractivity contribution is 5.91. The van der Waals surface area contributed by atoms with Crippen LogP contribution in [0.3, 0.4) is 0 Å². The van der Waals surface area contributed by atoms with Gasteiger partial charge in [0.15, 0.2) is 5.78 Å². The van der Waals surface area contributed by atoms with E-state index in [0.29, 0.717) is 13.0 Å². The third kappa shape index (κ3) is 4.94. The molecule has 8 N–H and O–H groups in total. The van der Waals surface area contributed by atoms with Crippen LogP contribution >= 0.6 is 0 Å². The van der Waals surface area contributed by atoms with Gasteiger partial charge in [-0.25, -0.2) is 0 Å². The summed E-state index contributed by atoms with van der Waals surface area (Å²) < 4.78 is 0. The zero-order valence-corrected chi connectivity index (χ0v) is 8.12. The Balaban J connectivity index is 3.84. The molecule has 0 aromatic carbocycles. The van der Waals surface area contributed by atoms with Crippen molar-refractivity contribution in [3.63, 3.8) is 0 Å². The van der Waals surface area contributed by atoms with Crippen molar-refractivity contribution in [3.8, 4) is 0 Å². The summed E-state index contributed by atoms with van der Waals surface area (Å²) in [5.41, 5.74) is 20.4. The van der Waals surface area contributed by atoms with Crippen LogP contribution < -0.4 is 22.9 Å². The summed E-state index contributed by atoms with van der Waals surface area (Å²) in [6, 6.07) is -0.563. The van der Waals surface area contributed by atoms with Crippen LogP contribution in [0.4, 0.5) is 0 Å². The molecule has 0 amide bonds. The molecule has 0 saturated heterocycles. The Kier molecular flexibility index (Phi) is 5.09. The van der Waals surface area contributed by atoms with E-state index < -0.39 is 11.7 Å². The minimum Gasteiger partial charge on any atom is -0.330 e. The number of Topliss-reactive ketones (excluding diaryl/α,β-unsaturated/α-hetero) is 1. The number of rotatable bonds is 6. The van der Waals surface area contributed by atoms with E-state index in [1.165, 1.54) is 6.92 Å². The fraction of sp³-hybridized carbons (Fsp3) is 0.875. The Labute approximate surface area is 78.8 Å². The number of hydrogen-bond acceptors (Lipinski definition) is 5. The highest BCUT2D eigenvalue weighted by atomic mass is 16.1. The largest absolute Gasteiger partial charge is 0.330 e. The molecule has 0 aliphatic carbocycles. The van der Waals surface area contributed by atoms with Crippen molar-refractivity contribution in [1.29, 1.82) is 0 Å². The Bertz CT molecular complexity index is 164. The summed E-state index contributed by atoms with van der Waals surface area (Å²) in [7, 11) is 0. The lowest BCUT2D eigenvalue weighted by Crippen LogP contribution is -2.59. The van der Waals surface area contributed by atoms with Gasteiger partial charge in [-0.3, -0.25) is 4.79 Å². The monoisotopic (exact) mass is 188 g/mol. The third-order valence-electron chi connectivity index (χ3n) is 1.84. The van der Waals surface area contributed by atoms with Crippen LogP contribution in [0.25, 0.3) is 0 Å². The summed E-state index contributed by atoms with van der Waals surface area (Å²) in [5.74, 6) is -0.301. The van der Waals surface area contributed by atoms with Gasteiger partial charge in [-0.1, -0.05) is 6.42 Å². The minimum atomic E-state index is -1.32. The van der Waals surface area contributed by atoms with Crippen LogP contribution in [0.1, 0.15) is 26.2 Å². The number of carbonyl (C=O) groups excluding carboxylic acids is 1. The zero-order chi connectivity index (χ0) is 10.5. The molecule has 0 radical (unpaired) electrons. The Morgan fingerprint density at radius 3 is 2.31 bits per heavy atom. The molecule has 1 atom stereocenters. The summed E-state index contributed by atoms with van der Waals surface area (Å²) in [5, 5.41) is 0. The van der Waals surface area contributed by atoms with Crippen molar-refractivity contribution in [2.45, 2.75) is 37.9 Å². The number of nitrogens with two attached hydrogens (primary N) is 4. The van der Waals surface area contributed by atoms with Crippen molar-refractivity contribution >= 4 is 5.78 Å². The molecule has 0 aromatic heterocycles. The van der Waals surface area contributed by atoms with Crippen LogP contribution in [0, 0.1) is 0 Å².